The Morgan fingerprint density at radius 1 is 0.750 bits per heavy atom. The molecule has 0 atom stereocenters. The van der Waals surface area contributed by atoms with Gasteiger partial charge in [0.25, 0.3) is 10.0 Å². The van der Waals surface area contributed by atoms with Crippen molar-refractivity contribution in [1.82, 2.24) is 4.72 Å². The van der Waals surface area contributed by atoms with Crippen LogP contribution in [0.3, 0.4) is 0 Å². The van der Waals surface area contributed by atoms with Crippen LogP contribution in [0.15, 0.2) is 46.0 Å². The summed E-state index contributed by atoms with van der Waals surface area (Å²) >= 11 is 1.10. The Kier molecular flexibility index (Phi) is 11.4. The summed E-state index contributed by atoms with van der Waals surface area (Å²) in [5.41, 5.74) is 5.35. The standard InChI is InChI=1S/C33H46N2O6S3/c1-19(2)24-14-26(20(3)4)30(27(15-24)21(5)6)18-31(36)35-44(39,40)41-33-28(22(7)8)16-25(17-29(33)23(9)10)34-43(37,38)32-12-11-13-42-32/h11-17,19-23,34H,18H2,1-10H3,(H,35,36). The molecule has 0 aliphatic heterocycles. The Hall–Kier alpha value is -2.89. The van der Waals surface area contributed by atoms with E-state index < -0.39 is 26.2 Å². The minimum absolute atomic E-state index is 0.0846. The third-order valence-electron chi connectivity index (χ3n) is 7.42. The Bertz CT molecular complexity index is 1630. The lowest BCUT2D eigenvalue weighted by Crippen LogP contribution is -2.36. The maximum absolute atomic E-state index is 13.3. The fourth-order valence-corrected chi connectivity index (χ4v) is 7.92. The van der Waals surface area contributed by atoms with Crippen molar-refractivity contribution in [2.24, 2.45) is 0 Å². The summed E-state index contributed by atoms with van der Waals surface area (Å²) in [7, 11) is -8.40. The van der Waals surface area contributed by atoms with Crippen molar-refractivity contribution >= 4 is 43.3 Å². The second kappa shape index (κ2) is 14.0. The minimum atomic E-state index is -4.57. The molecule has 0 spiro atoms. The van der Waals surface area contributed by atoms with Gasteiger partial charge in [-0.25, -0.2) is 13.1 Å². The van der Waals surface area contributed by atoms with Gasteiger partial charge in [0.1, 0.15) is 4.21 Å². The number of carbonyl (C=O) groups excluding carboxylic acids is 1. The number of thiophene rings is 1. The predicted molar refractivity (Wildman–Crippen MR) is 180 cm³/mol. The molecule has 3 aromatic rings. The quantitative estimate of drug-likeness (QED) is 0.191. The highest BCUT2D eigenvalue weighted by atomic mass is 32.2. The summed E-state index contributed by atoms with van der Waals surface area (Å²) in [6.07, 6.45) is -0.112. The summed E-state index contributed by atoms with van der Waals surface area (Å²) in [5.74, 6) is -0.462. The molecule has 2 aromatic carbocycles. The first kappa shape index (κ1) is 35.6. The number of hydrogen-bond donors (Lipinski definition) is 2. The fraction of sp³-hybridized carbons (Fsp3) is 0.485. The van der Waals surface area contributed by atoms with E-state index in [0.717, 1.165) is 28.0 Å². The summed E-state index contributed by atoms with van der Waals surface area (Å²) in [6.45, 7) is 19.9. The minimum Gasteiger partial charge on any atom is -0.366 e. The smallest absolute Gasteiger partial charge is 0.366 e. The number of benzene rings is 2. The lowest BCUT2D eigenvalue weighted by Gasteiger charge is -2.23. The van der Waals surface area contributed by atoms with Crippen LogP contribution < -0.4 is 13.6 Å². The summed E-state index contributed by atoms with van der Waals surface area (Å²) in [6, 6.07) is 10.6. The molecule has 3 rings (SSSR count). The molecule has 0 saturated heterocycles. The molecule has 8 nitrogen and oxygen atoms in total. The van der Waals surface area contributed by atoms with Gasteiger partial charge in [0.05, 0.1) is 6.42 Å². The van der Waals surface area contributed by atoms with Crippen LogP contribution in [0.25, 0.3) is 0 Å². The average Bonchev–Trinajstić information content (AvgIpc) is 3.44. The van der Waals surface area contributed by atoms with Gasteiger partial charge in [-0.3, -0.25) is 9.52 Å². The third-order valence-corrected chi connectivity index (χ3v) is 11.1. The van der Waals surface area contributed by atoms with E-state index in [4.69, 9.17) is 4.18 Å². The number of nitrogens with one attached hydrogen (secondary N) is 2. The first-order chi connectivity index (χ1) is 20.3. The Labute approximate surface area is 267 Å². The topological polar surface area (TPSA) is 119 Å². The van der Waals surface area contributed by atoms with Gasteiger partial charge < -0.3 is 4.18 Å². The van der Waals surface area contributed by atoms with Crippen LogP contribution in [0, 0.1) is 0 Å². The average molecular weight is 663 g/mol. The number of carbonyl (C=O) groups is 1. The number of hydrogen-bond acceptors (Lipinski definition) is 7. The molecule has 1 heterocycles. The van der Waals surface area contributed by atoms with Gasteiger partial charge in [-0.15, -0.1) is 11.3 Å². The van der Waals surface area contributed by atoms with Gasteiger partial charge in [-0.1, -0.05) is 87.4 Å². The molecule has 0 saturated carbocycles. The van der Waals surface area contributed by atoms with E-state index in [1.807, 2.05) is 27.7 Å². The summed E-state index contributed by atoms with van der Waals surface area (Å²) < 4.78 is 63.0. The highest BCUT2D eigenvalue weighted by Gasteiger charge is 2.27. The van der Waals surface area contributed by atoms with E-state index in [1.54, 1.807) is 23.6 Å². The van der Waals surface area contributed by atoms with Gasteiger partial charge in [-0.2, -0.15) is 8.42 Å². The number of sulfonamides is 1. The number of rotatable bonds is 13. The predicted octanol–water partition coefficient (Wildman–Crippen LogP) is 8.15. The molecule has 2 N–H and O–H groups in total. The Balaban J connectivity index is 1.97. The van der Waals surface area contributed by atoms with Crippen molar-refractivity contribution in [2.45, 2.75) is 109 Å². The molecule has 0 radical (unpaired) electrons. The maximum Gasteiger partial charge on any atom is 0.409 e. The van der Waals surface area contributed by atoms with Gasteiger partial charge in [-0.05, 0) is 75.4 Å². The van der Waals surface area contributed by atoms with Crippen molar-refractivity contribution in [3.63, 3.8) is 0 Å². The van der Waals surface area contributed by atoms with Crippen molar-refractivity contribution < 1.29 is 25.8 Å². The second-order valence-electron chi connectivity index (χ2n) is 12.7. The van der Waals surface area contributed by atoms with Crippen LogP contribution >= 0.6 is 11.3 Å². The Morgan fingerprint density at radius 3 is 1.66 bits per heavy atom. The molecule has 1 aromatic heterocycles. The zero-order chi connectivity index (χ0) is 33.1. The monoisotopic (exact) mass is 662 g/mol. The molecule has 44 heavy (non-hydrogen) atoms. The van der Waals surface area contributed by atoms with E-state index in [0.29, 0.717) is 22.7 Å². The van der Waals surface area contributed by atoms with Crippen molar-refractivity contribution in [3.05, 3.63) is 75.2 Å². The zero-order valence-corrected chi connectivity index (χ0v) is 29.8. The van der Waals surface area contributed by atoms with Crippen LogP contribution in [-0.4, -0.2) is 22.7 Å². The molecule has 11 heteroatoms. The molecular weight excluding hydrogens is 617 g/mol. The summed E-state index contributed by atoms with van der Waals surface area (Å²) in [4.78, 5) is 13.3. The van der Waals surface area contributed by atoms with Crippen molar-refractivity contribution in [3.8, 4) is 5.75 Å². The largest absolute Gasteiger partial charge is 0.409 e. The zero-order valence-electron chi connectivity index (χ0n) is 27.3. The van der Waals surface area contributed by atoms with E-state index in [9.17, 15) is 21.6 Å². The lowest BCUT2D eigenvalue weighted by molar-refractivity contribution is -0.118. The van der Waals surface area contributed by atoms with Crippen LogP contribution in [0.4, 0.5) is 5.69 Å². The molecule has 242 valence electrons. The van der Waals surface area contributed by atoms with Gasteiger partial charge in [0.2, 0.25) is 5.91 Å². The van der Waals surface area contributed by atoms with Crippen LogP contribution in [-0.2, 0) is 31.5 Å². The van der Waals surface area contributed by atoms with Gasteiger partial charge in [0, 0.05) is 16.8 Å². The maximum atomic E-state index is 13.3. The van der Waals surface area contributed by atoms with Crippen LogP contribution in [0.5, 0.6) is 5.75 Å². The molecular formula is C33H46N2O6S3. The van der Waals surface area contributed by atoms with E-state index in [-0.39, 0.29) is 40.1 Å². The van der Waals surface area contributed by atoms with Crippen LogP contribution in [0.1, 0.15) is 132 Å². The normalized spacial score (nSPS) is 12.5. The molecule has 0 fully saturated rings. The molecule has 0 aliphatic carbocycles. The highest BCUT2D eigenvalue weighted by molar-refractivity contribution is 7.94. The van der Waals surface area contributed by atoms with Crippen molar-refractivity contribution in [2.75, 3.05) is 4.72 Å². The first-order valence-corrected chi connectivity index (χ1v) is 18.8. The summed E-state index contributed by atoms with van der Waals surface area (Å²) in [5, 5.41) is 1.68. The van der Waals surface area contributed by atoms with Gasteiger partial charge >= 0.3 is 10.3 Å². The van der Waals surface area contributed by atoms with Gasteiger partial charge in [0.15, 0.2) is 5.75 Å². The third kappa shape index (κ3) is 8.63. The number of anilines is 1. The van der Waals surface area contributed by atoms with Crippen LogP contribution in [0.2, 0.25) is 0 Å². The molecule has 0 aliphatic rings. The molecule has 1 amide bonds. The van der Waals surface area contributed by atoms with E-state index in [1.165, 1.54) is 11.6 Å². The lowest BCUT2D eigenvalue weighted by atomic mass is 9.83. The van der Waals surface area contributed by atoms with E-state index >= 15 is 0 Å². The SMILES string of the molecule is CC(C)c1cc(C(C)C)c(CC(=O)NS(=O)(=O)Oc2c(C(C)C)cc(NS(=O)(=O)c3cccs3)cc2C(C)C)c(C(C)C)c1. The van der Waals surface area contributed by atoms with Crippen molar-refractivity contribution in [1.29, 1.82) is 0 Å². The number of amides is 1. The van der Waals surface area contributed by atoms with E-state index in [2.05, 4.69) is 63.1 Å². The molecule has 0 unspecified atom stereocenters. The second-order valence-corrected chi connectivity index (χ2v) is 16.8. The Morgan fingerprint density at radius 2 is 1.25 bits per heavy atom. The fourth-order valence-electron chi connectivity index (χ4n) is 5.09. The highest BCUT2D eigenvalue weighted by Crippen LogP contribution is 2.39. The first-order valence-electron chi connectivity index (χ1n) is 15.0. The molecule has 0 bridgehead atoms.